The molecule has 25 heavy (non-hydrogen) atoms. The van der Waals surface area contributed by atoms with E-state index < -0.39 is 11.9 Å². The second kappa shape index (κ2) is 7.01. The van der Waals surface area contributed by atoms with E-state index in [0.717, 1.165) is 16.3 Å². The Labute approximate surface area is 145 Å². The third kappa shape index (κ3) is 3.58. The van der Waals surface area contributed by atoms with Crippen molar-refractivity contribution in [1.82, 2.24) is 0 Å². The van der Waals surface area contributed by atoms with Crippen molar-refractivity contribution in [2.75, 3.05) is 0 Å². The van der Waals surface area contributed by atoms with Crippen LogP contribution in [0.15, 0.2) is 60.7 Å². The number of benzene rings is 3. The highest BCUT2D eigenvalue weighted by atomic mass is 16.5. The van der Waals surface area contributed by atoms with E-state index in [9.17, 15) is 14.7 Å². The lowest BCUT2D eigenvalue weighted by atomic mass is 10.0. The van der Waals surface area contributed by atoms with Crippen molar-refractivity contribution in [3.63, 3.8) is 0 Å². The summed E-state index contributed by atoms with van der Waals surface area (Å²) in [5, 5.41) is 11.2. The molecule has 124 valence electrons. The van der Waals surface area contributed by atoms with Gasteiger partial charge in [-0.2, -0.15) is 0 Å². The fourth-order valence-corrected chi connectivity index (χ4v) is 2.70. The molecule has 0 saturated carbocycles. The standard InChI is InChI=1S/C21H16O4/c1-14(22)25-20-13-11-15-6-2-4-8-17(15)19(20)12-10-16-7-3-5-9-18(16)21(23)24/h2-13H,1H3,(H,23,24)/b12-10+. The summed E-state index contributed by atoms with van der Waals surface area (Å²) in [7, 11) is 0. The van der Waals surface area contributed by atoms with Gasteiger partial charge in [0, 0.05) is 12.5 Å². The number of hydrogen-bond donors (Lipinski definition) is 1. The molecule has 0 aliphatic carbocycles. The number of rotatable bonds is 4. The van der Waals surface area contributed by atoms with Crippen LogP contribution in [0.2, 0.25) is 0 Å². The summed E-state index contributed by atoms with van der Waals surface area (Å²) in [6.45, 7) is 1.35. The molecule has 0 saturated heterocycles. The Morgan fingerprint density at radius 2 is 1.64 bits per heavy atom. The first kappa shape index (κ1) is 16.5. The summed E-state index contributed by atoms with van der Waals surface area (Å²) in [4.78, 5) is 22.7. The molecule has 0 bridgehead atoms. The molecule has 0 unspecified atom stereocenters. The number of carboxylic acid groups (broad SMARTS) is 1. The van der Waals surface area contributed by atoms with Gasteiger partial charge >= 0.3 is 11.9 Å². The minimum Gasteiger partial charge on any atom is -0.478 e. The van der Waals surface area contributed by atoms with Crippen molar-refractivity contribution in [2.45, 2.75) is 6.92 Å². The average molecular weight is 332 g/mol. The molecule has 4 nitrogen and oxygen atoms in total. The molecular formula is C21H16O4. The number of carboxylic acids is 1. The maximum absolute atomic E-state index is 11.4. The van der Waals surface area contributed by atoms with Crippen LogP contribution in [-0.2, 0) is 4.79 Å². The molecule has 0 aromatic heterocycles. The number of esters is 1. The van der Waals surface area contributed by atoms with Crippen LogP contribution in [0.3, 0.4) is 0 Å². The van der Waals surface area contributed by atoms with Gasteiger partial charge in [0.1, 0.15) is 5.75 Å². The monoisotopic (exact) mass is 332 g/mol. The van der Waals surface area contributed by atoms with Crippen LogP contribution in [0.4, 0.5) is 0 Å². The molecular weight excluding hydrogens is 316 g/mol. The second-order valence-corrected chi connectivity index (χ2v) is 5.52. The van der Waals surface area contributed by atoms with Crippen LogP contribution < -0.4 is 4.74 Å². The van der Waals surface area contributed by atoms with E-state index >= 15 is 0 Å². The average Bonchev–Trinajstić information content (AvgIpc) is 2.60. The molecule has 3 rings (SSSR count). The van der Waals surface area contributed by atoms with Crippen LogP contribution in [-0.4, -0.2) is 17.0 Å². The summed E-state index contributed by atoms with van der Waals surface area (Å²) in [5.74, 6) is -0.954. The minimum atomic E-state index is -0.988. The normalized spacial score (nSPS) is 10.9. The molecule has 3 aromatic carbocycles. The maximum atomic E-state index is 11.4. The van der Waals surface area contributed by atoms with Gasteiger partial charge in [-0.3, -0.25) is 4.79 Å². The Morgan fingerprint density at radius 3 is 2.40 bits per heavy atom. The third-order valence-corrected chi connectivity index (χ3v) is 3.81. The number of hydrogen-bond acceptors (Lipinski definition) is 3. The quantitative estimate of drug-likeness (QED) is 0.430. The van der Waals surface area contributed by atoms with Crippen LogP contribution in [0.25, 0.3) is 22.9 Å². The van der Waals surface area contributed by atoms with Gasteiger partial charge in [-0.05, 0) is 34.5 Å². The van der Waals surface area contributed by atoms with Gasteiger partial charge in [-0.1, -0.05) is 54.6 Å². The van der Waals surface area contributed by atoms with Crippen molar-refractivity contribution in [2.24, 2.45) is 0 Å². The Bertz CT molecular complexity index is 986. The second-order valence-electron chi connectivity index (χ2n) is 5.52. The number of ether oxygens (including phenoxy) is 1. The molecule has 0 spiro atoms. The molecule has 0 aliphatic rings. The molecule has 3 aromatic rings. The summed E-state index contributed by atoms with van der Waals surface area (Å²) in [5.41, 5.74) is 1.53. The van der Waals surface area contributed by atoms with E-state index in [1.165, 1.54) is 6.92 Å². The van der Waals surface area contributed by atoms with Gasteiger partial charge in [0.2, 0.25) is 0 Å². The highest BCUT2D eigenvalue weighted by Crippen LogP contribution is 2.30. The maximum Gasteiger partial charge on any atom is 0.336 e. The predicted octanol–water partition coefficient (Wildman–Crippen LogP) is 4.63. The topological polar surface area (TPSA) is 63.6 Å². The SMILES string of the molecule is CC(=O)Oc1ccc2ccccc2c1/C=C/c1ccccc1C(=O)O. The van der Waals surface area contributed by atoms with E-state index in [2.05, 4.69) is 0 Å². The Balaban J connectivity index is 2.14. The summed E-state index contributed by atoms with van der Waals surface area (Å²) < 4.78 is 5.31. The van der Waals surface area contributed by atoms with Gasteiger partial charge in [0.15, 0.2) is 0 Å². The Morgan fingerprint density at radius 1 is 0.920 bits per heavy atom. The van der Waals surface area contributed by atoms with Gasteiger partial charge < -0.3 is 9.84 Å². The fourth-order valence-electron chi connectivity index (χ4n) is 2.70. The Hall–Kier alpha value is -3.40. The molecule has 0 radical (unpaired) electrons. The largest absolute Gasteiger partial charge is 0.478 e. The molecule has 0 amide bonds. The van der Waals surface area contributed by atoms with Crippen molar-refractivity contribution in [1.29, 1.82) is 0 Å². The number of aromatic carboxylic acids is 1. The molecule has 0 fully saturated rings. The minimum absolute atomic E-state index is 0.216. The molecule has 4 heteroatoms. The third-order valence-electron chi connectivity index (χ3n) is 3.81. The number of carbonyl (C=O) groups is 2. The van der Waals surface area contributed by atoms with E-state index in [0.29, 0.717) is 11.3 Å². The molecule has 1 N–H and O–H groups in total. The highest BCUT2D eigenvalue weighted by Gasteiger charge is 2.10. The van der Waals surface area contributed by atoms with Crippen LogP contribution in [0, 0.1) is 0 Å². The zero-order chi connectivity index (χ0) is 17.8. The number of fused-ring (bicyclic) bond motifs is 1. The van der Waals surface area contributed by atoms with Crippen molar-refractivity contribution in [3.8, 4) is 5.75 Å². The van der Waals surface area contributed by atoms with Crippen LogP contribution in [0.5, 0.6) is 5.75 Å². The van der Waals surface area contributed by atoms with Gasteiger partial charge in [0.05, 0.1) is 5.56 Å². The first-order chi connectivity index (χ1) is 12.1. The lowest BCUT2D eigenvalue weighted by Crippen LogP contribution is -2.03. The van der Waals surface area contributed by atoms with E-state index in [4.69, 9.17) is 4.74 Å². The number of carbonyl (C=O) groups excluding carboxylic acids is 1. The summed E-state index contributed by atoms with van der Waals surface area (Å²) in [6, 6.07) is 18.1. The molecule has 0 heterocycles. The van der Waals surface area contributed by atoms with Crippen LogP contribution >= 0.6 is 0 Å². The van der Waals surface area contributed by atoms with Gasteiger partial charge in [-0.25, -0.2) is 4.79 Å². The van der Waals surface area contributed by atoms with Crippen molar-refractivity contribution < 1.29 is 19.4 Å². The van der Waals surface area contributed by atoms with Crippen molar-refractivity contribution >= 4 is 34.9 Å². The highest BCUT2D eigenvalue weighted by molar-refractivity contribution is 5.98. The lowest BCUT2D eigenvalue weighted by Gasteiger charge is -2.10. The van der Waals surface area contributed by atoms with Gasteiger partial charge in [0.25, 0.3) is 0 Å². The first-order valence-corrected chi connectivity index (χ1v) is 7.77. The smallest absolute Gasteiger partial charge is 0.336 e. The first-order valence-electron chi connectivity index (χ1n) is 7.77. The zero-order valence-corrected chi connectivity index (χ0v) is 13.6. The lowest BCUT2D eigenvalue weighted by molar-refractivity contribution is -0.131. The summed E-state index contributed by atoms with van der Waals surface area (Å²) >= 11 is 0. The Kier molecular flexibility index (Phi) is 4.61. The van der Waals surface area contributed by atoms with E-state index in [1.807, 2.05) is 30.3 Å². The van der Waals surface area contributed by atoms with Crippen molar-refractivity contribution in [3.05, 3.63) is 77.4 Å². The summed E-state index contributed by atoms with van der Waals surface area (Å²) in [6.07, 6.45) is 3.50. The van der Waals surface area contributed by atoms with E-state index in [1.54, 1.807) is 42.5 Å². The molecule has 0 atom stereocenters. The molecule has 0 aliphatic heterocycles. The van der Waals surface area contributed by atoms with E-state index in [-0.39, 0.29) is 5.56 Å². The fraction of sp³-hybridized carbons (Fsp3) is 0.0476. The van der Waals surface area contributed by atoms with Gasteiger partial charge in [-0.15, -0.1) is 0 Å². The zero-order valence-electron chi connectivity index (χ0n) is 13.6. The predicted molar refractivity (Wildman–Crippen MR) is 97.6 cm³/mol. The van der Waals surface area contributed by atoms with Crippen LogP contribution in [0.1, 0.15) is 28.4 Å².